The fourth-order valence-electron chi connectivity index (χ4n) is 4.21. The zero-order valence-corrected chi connectivity index (χ0v) is 22.2. The van der Waals surface area contributed by atoms with Crippen LogP contribution in [0.4, 0.5) is 0 Å². The molecule has 2 aromatic carbocycles. The zero-order valence-electron chi connectivity index (χ0n) is 20.7. The van der Waals surface area contributed by atoms with Gasteiger partial charge in [-0.2, -0.15) is 0 Å². The summed E-state index contributed by atoms with van der Waals surface area (Å²) in [6.45, 7) is 4.74. The largest absolute Gasteiger partial charge is 0.467 e. The first-order chi connectivity index (χ1) is 18.0. The molecule has 3 aromatic rings. The molecule has 1 fully saturated rings. The fraction of sp³-hybridized carbons (Fsp3) is 0.357. The van der Waals surface area contributed by atoms with Crippen molar-refractivity contribution in [2.24, 2.45) is 0 Å². The van der Waals surface area contributed by atoms with Gasteiger partial charge < -0.3 is 19.0 Å². The Labute approximate surface area is 227 Å². The third kappa shape index (κ3) is 8.07. The van der Waals surface area contributed by atoms with Crippen molar-refractivity contribution in [2.75, 3.05) is 52.5 Å². The number of morpholine rings is 1. The van der Waals surface area contributed by atoms with Gasteiger partial charge in [0.25, 0.3) is 5.91 Å². The van der Waals surface area contributed by atoms with Crippen LogP contribution in [0.3, 0.4) is 0 Å². The highest BCUT2D eigenvalue weighted by Crippen LogP contribution is 2.23. The molecule has 7 nitrogen and oxygen atoms in total. The van der Waals surface area contributed by atoms with Gasteiger partial charge in [-0.1, -0.05) is 53.5 Å². The molecule has 0 radical (unpaired) electrons. The van der Waals surface area contributed by atoms with Crippen molar-refractivity contribution >= 4 is 35.0 Å². The van der Waals surface area contributed by atoms with Crippen LogP contribution in [0.1, 0.15) is 21.7 Å². The van der Waals surface area contributed by atoms with E-state index >= 15 is 0 Å². The smallest absolute Gasteiger partial charge is 0.254 e. The highest BCUT2D eigenvalue weighted by atomic mass is 35.5. The monoisotopic (exact) mass is 543 g/mol. The summed E-state index contributed by atoms with van der Waals surface area (Å²) in [5.74, 6) is 0.279. The van der Waals surface area contributed by atoms with Crippen molar-refractivity contribution in [1.29, 1.82) is 0 Å². The minimum absolute atomic E-state index is 0.0566. The van der Waals surface area contributed by atoms with Crippen molar-refractivity contribution in [2.45, 2.75) is 13.0 Å². The average molecular weight is 544 g/mol. The molecule has 0 N–H and O–H groups in total. The molecular weight excluding hydrogens is 513 g/mol. The van der Waals surface area contributed by atoms with E-state index in [1.807, 2.05) is 36.4 Å². The van der Waals surface area contributed by atoms with Gasteiger partial charge in [-0.3, -0.25) is 14.5 Å². The summed E-state index contributed by atoms with van der Waals surface area (Å²) in [4.78, 5) is 32.7. The summed E-state index contributed by atoms with van der Waals surface area (Å²) in [6, 6.07) is 18.5. The number of rotatable bonds is 11. The molecule has 1 aromatic heterocycles. The highest BCUT2D eigenvalue weighted by Gasteiger charge is 2.24. The van der Waals surface area contributed by atoms with Gasteiger partial charge in [-0.15, -0.1) is 0 Å². The normalized spacial score (nSPS) is 13.9. The molecule has 9 heteroatoms. The molecule has 1 saturated heterocycles. The Morgan fingerprint density at radius 3 is 2.38 bits per heavy atom. The van der Waals surface area contributed by atoms with E-state index in [0.717, 1.165) is 18.7 Å². The Kier molecular flexibility index (Phi) is 10.0. The predicted molar refractivity (Wildman–Crippen MR) is 144 cm³/mol. The molecule has 37 heavy (non-hydrogen) atoms. The third-order valence-corrected chi connectivity index (χ3v) is 7.10. The van der Waals surface area contributed by atoms with E-state index in [0.29, 0.717) is 67.2 Å². The summed E-state index contributed by atoms with van der Waals surface area (Å²) in [6.07, 6.45) is 2.29. The first-order valence-corrected chi connectivity index (χ1v) is 13.1. The van der Waals surface area contributed by atoms with Crippen LogP contribution in [0, 0.1) is 0 Å². The number of nitrogens with zero attached hydrogens (tertiary/aromatic N) is 3. The molecule has 0 atom stereocenters. The van der Waals surface area contributed by atoms with Gasteiger partial charge in [0.2, 0.25) is 5.91 Å². The van der Waals surface area contributed by atoms with Crippen LogP contribution in [0.15, 0.2) is 71.3 Å². The lowest BCUT2D eigenvalue weighted by atomic mass is 10.1. The van der Waals surface area contributed by atoms with Gasteiger partial charge in [-0.25, -0.2) is 0 Å². The van der Waals surface area contributed by atoms with E-state index in [1.54, 1.807) is 40.3 Å². The van der Waals surface area contributed by atoms with Gasteiger partial charge in [0.05, 0.1) is 36.1 Å². The van der Waals surface area contributed by atoms with Crippen LogP contribution >= 0.6 is 23.2 Å². The second-order valence-corrected chi connectivity index (χ2v) is 9.75. The van der Waals surface area contributed by atoms with E-state index < -0.39 is 0 Å². The molecule has 0 unspecified atom stereocenters. The molecule has 4 rings (SSSR count). The maximum absolute atomic E-state index is 13.6. The molecule has 0 spiro atoms. The minimum atomic E-state index is -0.263. The van der Waals surface area contributed by atoms with E-state index in [-0.39, 0.29) is 18.4 Å². The van der Waals surface area contributed by atoms with Crippen molar-refractivity contribution in [3.05, 3.63) is 93.9 Å². The van der Waals surface area contributed by atoms with Crippen LogP contribution in [0.5, 0.6) is 0 Å². The molecule has 0 saturated carbocycles. The zero-order chi connectivity index (χ0) is 26.0. The second kappa shape index (κ2) is 13.6. The maximum atomic E-state index is 13.6. The number of furan rings is 1. The van der Waals surface area contributed by atoms with Crippen molar-refractivity contribution < 1.29 is 18.7 Å². The summed E-state index contributed by atoms with van der Waals surface area (Å²) >= 11 is 12.2. The fourth-order valence-corrected chi connectivity index (χ4v) is 4.50. The number of hydrogen-bond donors (Lipinski definition) is 0. The SMILES string of the molecule is O=C(CN(CCN1CCOCC1)C(=O)c1ccc(Cl)c(Cl)c1)N(CCc1ccccc1)Cc1ccco1. The first kappa shape index (κ1) is 27.2. The van der Waals surface area contributed by atoms with E-state index in [4.69, 9.17) is 32.4 Å². The lowest BCUT2D eigenvalue weighted by Gasteiger charge is -2.31. The van der Waals surface area contributed by atoms with Gasteiger partial charge in [0.15, 0.2) is 0 Å². The van der Waals surface area contributed by atoms with Crippen LogP contribution in [-0.2, 0) is 22.5 Å². The molecule has 1 aliphatic rings. The number of carbonyl (C=O) groups excluding carboxylic acids is 2. The van der Waals surface area contributed by atoms with Gasteiger partial charge in [0, 0.05) is 38.3 Å². The summed E-state index contributed by atoms with van der Waals surface area (Å²) < 4.78 is 11.0. The Morgan fingerprint density at radius 1 is 0.892 bits per heavy atom. The molecule has 2 amide bonds. The molecule has 0 bridgehead atoms. The molecule has 1 aliphatic heterocycles. The Balaban J connectivity index is 1.50. The summed E-state index contributed by atoms with van der Waals surface area (Å²) in [7, 11) is 0. The number of benzene rings is 2. The predicted octanol–water partition coefficient (Wildman–Crippen LogP) is 4.63. The first-order valence-electron chi connectivity index (χ1n) is 12.4. The van der Waals surface area contributed by atoms with Gasteiger partial charge >= 0.3 is 0 Å². The van der Waals surface area contributed by atoms with Crippen LogP contribution in [0.2, 0.25) is 10.0 Å². The van der Waals surface area contributed by atoms with E-state index in [9.17, 15) is 9.59 Å². The van der Waals surface area contributed by atoms with Crippen LogP contribution < -0.4 is 0 Å². The van der Waals surface area contributed by atoms with Gasteiger partial charge in [-0.05, 0) is 42.3 Å². The number of halogens is 2. The lowest BCUT2D eigenvalue weighted by molar-refractivity contribution is -0.132. The molecule has 196 valence electrons. The molecule has 2 heterocycles. The Bertz CT molecular complexity index is 1150. The standard InChI is InChI=1S/C28H31Cl2N3O4/c29-25-9-8-23(19-26(25)30)28(35)33(13-12-31-14-17-36-18-15-31)21-27(34)32(20-24-7-4-16-37-24)11-10-22-5-2-1-3-6-22/h1-9,16,19H,10-15,17-18,20-21H2. The van der Waals surface area contributed by atoms with Crippen molar-refractivity contribution in [1.82, 2.24) is 14.7 Å². The van der Waals surface area contributed by atoms with Crippen LogP contribution in [0.25, 0.3) is 0 Å². The maximum Gasteiger partial charge on any atom is 0.254 e. The van der Waals surface area contributed by atoms with Crippen molar-refractivity contribution in [3.8, 4) is 0 Å². The topological polar surface area (TPSA) is 66.2 Å². The Morgan fingerprint density at radius 2 is 1.68 bits per heavy atom. The van der Waals surface area contributed by atoms with E-state index in [1.165, 1.54) is 0 Å². The second-order valence-electron chi connectivity index (χ2n) is 8.94. The highest BCUT2D eigenvalue weighted by molar-refractivity contribution is 6.42. The van der Waals surface area contributed by atoms with E-state index in [2.05, 4.69) is 4.90 Å². The summed E-state index contributed by atoms with van der Waals surface area (Å²) in [5.41, 5.74) is 1.53. The van der Waals surface area contributed by atoms with Gasteiger partial charge in [0.1, 0.15) is 12.3 Å². The number of hydrogen-bond acceptors (Lipinski definition) is 5. The summed E-state index contributed by atoms with van der Waals surface area (Å²) in [5, 5.41) is 0.675. The number of ether oxygens (including phenoxy) is 1. The molecular formula is C28H31Cl2N3O4. The Hall–Kier alpha value is -2.84. The third-order valence-electron chi connectivity index (χ3n) is 6.36. The average Bonchev–Trinajstić information content (AvgIpc) is 3.44. The quantitative estimate of drug-likeness (QED) is 0.352. The van der Waals surface area contributed by atoms with Crippen molar-refractivity contribution in [3.63, 3.8) is 0 Å². The number of amides is 2. The molecule has 0 aliphatic carbocycles. The van der Waals surface area contributed by atoms with Crippen LogP contribution in [-0.4, -0.2) is 79.0 Å². The minimum Gasteiger partial charge on any atom is -0.467 e. The number of carbonyl (C=O) groups is 2. The lowest BCUT2D eigenvalue weighted by Crippen LogP contribution is -2.47.